The smallest absolute Gasteiger partial charge is 0.270 e. The molecule has 0 aliphatic rings. The Balaban J connectivity index is 2.13. The third-order valence-electron chi connectivity index (χ3n) is 3.23. The maximum atomic E-state index is 12.6. The van der Waals surface area contributed by atoms with Crippen LogP contribution >= 0.6 is 27.5 Å². The predicted octanol–water partition coefficient (Wildman–Crippen LogP) is 4.59. The predicted molar refractivity (Wildman–Crippen MR) is 89.7 cm³/mol. The van der Waals surface area contributed by atoms with Crippen LogP contribution in [0.15, 0.2) is 41.0 Å². The van der Waals surface area contributed by atoms with E-state index >= 15 is 0 Å². The van der Waals surface area contributed by atoms with Crippen LogP contribution in [-0.2, 0) is 13.1 Å². The topological polar surface area (TPSA) is 25.2 Å². The third kappa shape index (κ3) is 4.11. The lowest BCUT2D eigenvalue weighted by Gasteiger charge is -2.18. The van der Waals surface area contributed by atoms with Crippen LogP contribution in [0.2, 0.25) is 5.02 Å². The molecule has 0 aliphatic carbocycles. The van der Waals surface area contributed by atoms with Crippen molar-refractivity contribution < 1.29 is 4.79 Å². The second-order valence-electron chi connectivity index (χ2n) is 5.02. The Bertz CT molecular complexity index is 622. The highest BCUT2D eigenvalue weighted by Gasteiger charge is 2.17. The number of rotatable bonds is 5. The van der Waals surface area contributed by atoms with E-state index < -0.39 is 0 Å². The first-order valence-electron chi connectivity index (χ1n) is 6.87. The molecule has 0 radical (unpaired) electrons. The van der Waals surface area contributed by atoms with E-state index in [-0.39, 0.29) is 5.91 Å². The third-order valence-corrected chi connectivity index (χ3v) is 3.96. The number of carbonyl (C=O) groups excluding carboxylic acids is 1. The molecule has 0 saturated heterocycles. The summed E-state index contributed by atoms with van der Waals surface area (Å²) in [6.07, 6.45) is 2.77. The molecule has 5 heteroatoms. The average molecular weight is 370 g/mol. The van der Waals surface area contributed by atoms with E-state index in [2.05, 4.69) is 22.9 Å². The van der Waals surface area contributed by atoms with Gasteiger partial charge in [-0.2, -0.15) is 0 Å². The van der Waals surface area contributed by atoms with Gasteiger partial charge in [-0.1, -0.05) is 46.6 Å². The molecular formula is C16H18BrClN2O. The molecule has 0 N–H and O–H groups in total. The monoisotopic (exact) mass is 368 g/mol. The van der Waals surface area contributed by atoms with E-state index in [1.807, 2.05) is 42.1 Å². The van der Waals surface area contributed by atoms with Gasteiger partial charge in [0, 0.05) is 30.8 Å². The highest BCUT2D eigenvalue weighted by atomic mass is 79.9. The number of hydrogen-bond donors (Lipinski definition) is 0. The van der Waals surface area contributed by atoms with E-state index in [4.69, 9.17) is 11.6 Å². The lowest BCUT2D eigenvalue weighted by Crippen LogP contribution is -2.28. The number of benzene rings is 1. The maximum absolute atomic E-state index is 12.6. The molecule has 0 spiro atoms. The normalized spacial score (nSPS) is 10.7. The number of halogens is 2. The molecule has 21 heavy (non-hydrogen) atoms. The second kappa shape index (κ2) is 7.14. The Morgan fingerprint density at radius 3 is 2.62 bits per heavy atom. The molecule has 1 aromatic heterocycles. The van der Waals surface area contributed by atoms with Crippen molar-refractivity contribution in [1.82, 2.24) is 9.47 Å². The van der Waals surface area contributed by atoms with Gasteiger partial charge in [0.2, 0.25) is 0 Å². The van der Waals surface area contributed by atoms with Crippen molar-refractivity contribution >= 4 is 33.4 Å². The van der Waals surface area contributed by atoms with Crippen LogP contribution < -0.4 is 0 Å². The zero-order chi connectivity index (χ0) is 15.4. The Morgan fingerprint density at radius 2 is 2.00 bits per heavy atom. The Morgan fingerprint density at radius 1 is 1.33 bits per heavy atom. The van der Waals surface area contributed by atoms with Gasteiger partial charge >= 0.3 is 0 Å². The molecule has 0 saturated carbocycles. The largest absolute Gasteiger partial charge is 0.342 e. The van der Waals surface area contributed by atoms with Crippen LogP contribution in [0.1, 0.15) is 29.4 Å². The molecule has 0 fully saturated rings. The first kappa shape index (κ1) is 16.1. The minimum absolute atomic E-state index is 0.0155. The quantitative estimate of drug-likeness (QED) is 0.757. The highest BCUT2D eigenvalue weighted by molar-refractivity contribution is 9.10. The molecule has 1 heterocycles. The molecule has 0 atom stereocenters. The van der Waals surface area contributed by atoms with Gasteiger partial charge in [-0.05, 0) is 30.2 Å². The average Bonchev–Trinajstić information content (AvgIpc) is 2.82. The van der Waals surface area contributed by atoms with Crippen molar-refractivity contribution in [3.8, 4) is 0 Å². The lowest BCUT2D eigenvalue weighted by atomic mass is 10.2. The summed E-state index contributed by atoms with van der Waals surface area (Å²) < 4.78 is 2.95. The Hall–Kier alpha value is -1.26. The molecule has 112 valence electrons. The summed E-state index contributed by atoms with van der Waals surface area (Å²) in [5.41, 5.74) is 1.73. The van der Waals surface area contributed by atoms with E-state index in [9.17, 15) is 4.79 Å². The van der Waals surface area contributed by atoms with Crippen LogP contribution in [0.4, 0.5) is 0 Å². The molecule has 0 bridgehead atoms. The molecule has 1 amide bonds. The van der Waals surface area contributed by atoms with Crippen molar-refractivity contribution in [3.05, 3.63) is 57.3 Å². The number of carbonyl (C=O) groups is 1. The Kier molecular flexibility index (Phi) is 5.48. The minimum atomic E-state index is -0.0155. The van der Waals surface area contributed by atoms with Crippen molar-refractivity contribution in [2.45, 2.75) is 26.4 Å². The summed E-state index contributed by atoms with van der Waals surface area (Å²) in [6, 6.07) is 9.70. The molecule has 0 aliphatic heterocycles. The van der Waals surface area contributed by atoms with Crippen LogP contribution in [0.5, 0.6) is 0 Å². The zero-order valence-electron chi connectivity index (χ0n) is 12.1. The van der Waals surface area contributed by atoms with E-state index in [0.717, 1.165) is 23.0 Å². The fourth-order valence-electron chi connectivity index (χ4n) is 2.21. The van der Waals surface area contributed by atoms with Crippen LogP contribution in [0, 0.1) is 0 Å². The minimum Gasteiger partial charge on any atom is -0.342 e. The van der Waals surface area contributed by atoms with Gasteiger partial charge in [0.25, 0.3) is 5.91 Å². The first-order valence-corrected chi connectivity index (χ1v) is 8.04. The summed E-state index contributed by atoms with van der Waals surface area (Å²) in [7, 11) is 1.81. The molecule has 3 nitrogen and oxygen atoms in total. The second-order valence-corrected chi connectivity index (χ2v) is 6.38. The van der Waals surface area contributed by atoms with Gasteiger partial charge in [0.1, 0.15) is 5.69 Å². The zero-order valence-corrected chi connectivity index (χ0v) is 14.5. The summed E-state index contributed by atoms with van der Waals surface area (Å²) in [5, 5.41) is 0.601. The van der Waals surface area contributed by atoms with E-state index in [1.165, 1.54) is 0 Å². The van der Waals surface area contributed by atoms with E-state index in [0.29, 0.717) is 17.3 Å². The van der Waals surface area contributed by atoms with Gasteiger partial charge in [0.15, 0.2) is 0 Å². The number of nitrogens with zero attached hydrogens (tertiary/aromatic N) is 2. The maximum Gasteiger partial charge on any atom is 0.270 e. The van der Waals surface area contributed by atoms with Crippen molar-refractivity contribution in [2.75, 3.05) is 7.05 Å². The number of amides is 1. The fraction of sp³-hybridized carbons (Fsp3) is 0.312. The van der Waals surface area contributed by atoms with Gasteiger partial charge in [-0.25, -0.2) is 0 Å². The van der Waals surface area contributed by atoms with Crippen LogP contribution in [0.25, 0.3) is 0 Å². The molecule has 0 unspecified atom stereocenters. The summed E-state index contributed by atoms with van der Waals surface area (Å²) in [5.74, 6) is -0.0155. The summed E-state index contributed by atoms with van der Waals surface area (Å²) >= 11 is 9.44. The molecular weight excluding hydrogens is 352 g/mol. The van der Waals surface area contributed by atoms with Gasteiger partial charge < -0.3 is 9.47 Å². The van der Waals surface area contributed by atoms with Gasteiger partial charge in [-0.15, -0.1) is 0 Å². The lowest BCUT2D eigenvalue weighted by molar-refractivity contribution is 0.0774. The molecule has 1 aromatic carbocycles. The Labute approximate surface area is 138 Å². The number of aromatic nitrogens is 1. The number of aryl methyl sites for hydroxylation is 1. The van der Waals surface area contributed by atoms with Crippen LogP contribution in [0.3, 0.4) is 0 Å². The number of hydrogen-bond acceptors (Lipinski definition) is 1. The van der Waals surface area contributed by atoms with E-state index in [1.54, 1.807) is 11.0 Å². The van der Waals surface area contributed by atoms with Crippen molar-refractivity contribution in [3.63, 3.8) is 0 Å². The van der Waals surface area contributed by atoms with Crippen LogP contribution in [-0.4, -0.2) is 22.4 Å². The molecule has 2 rings (SSSR count). The fourth-order valence-corrected chi connectivity index (χ4v) is 2.70. The van der Waals surface area contributed by atoms with Gasteiger partial charge in [0.05, 0.1) is 5.02 Å². The molecule has 2 aromatic rings. The highest BCUT2D eigenvalue weighted by Crippen LogP contribution is 2.18. The standard InChI is InChI=1S/C16H18BrClN2O/c1-3-8-20-11-14(18)9-15(20)16(21)19(2)10-12-4-6-13(17)7-5-12/h4-7,9,11H,3,8,10H2,1-2H3. The van der Waals surface area contributed by atoms with Gasteiger partial charge in [-0.3, -0.25) is 4.79 Å². The summed E-state index contributed by atoms with van der Waals surface area (Å²) in [6.45, 7) is 3.44. The van der Waals surface area contributed by atoms with Crippen molar-refractivity contribution in [2.24, 2.45) is 0 Å². The van der Waals surface area contributed by atoms with Crippen molar-refractivity contribution in [1.29, 1.82) is 0 Å². The first-order chi connectivity index (χ1) is 10.0. The summed E-state index contributed by atoms with van der Waals surface area (Å²) in [4.78, 5) is 14.3. The SMILES string of the molecule is CCCn1cc(Cl)cc1C(=O)N(C)Cc1ccc(Br)cc1.